The quantitative estimate of drug-likeness (QED) is 0.207. The topological polar surface area (TPSA) is 52.6 Å². The number of rotatable bonds is 8. The van der Waals surface area contributed by atoms with Gasteiger partial charge in [0.2, 0.25) is 0 Å². The summed E-state index contributed by atoms with van der Waals surface area (Å²) in [6.45, 7) is 21.3. The largest absolute Gasteiger partial charge is 0.469 e. The third-order valence-electron chi connectivity index (χ3n) is 14.4. The van der Waals surface area contributed by atoms with E-state index in [-0.39, 0.29) is 34.6 Å². The summed E-state index contributed by atoms with van der Waals surface area (Å²) in [5, 5.41) is 0. The summed E-state index contributed by atoms with van der Waals surface area (Å²) in [7, 11) is 1.56. The minimum absolute atomic E-state index is 0.0189. The summed E-state index contributed by atoms with van der Waals surface area (Å²) in [5.41, 5.74) is 10.4. The number of hydrogen-bond donors (Lipinski definition) is 0. The second kappa shape index (κ2) is 13.2. The summed E-state index contributed by atoms with van der Waals surface area (Å²) in [6, 6.07) is 10.2. The van der Waals surface area contributed by atoms with Crippen molar-refractivity contribution in [3.8, 4) is 11.1 Å². The molecule has 2 aromatic carbocycles. The van der Waals surface area contributed by atoms with Gasteiger partial charge in [-0.1, -0.05) is 92.0 Å². The molecule has 0 heterocycles. The van der Waals surface area contributed by atoms with Crippen molar-refractivity contribution in [3.63, 3.8) is 0 Å². The maximum atomic E-state index is 13.8. The Kier molecular flexibility index (Phi) is 9.72. The maximum Gasteiger partial charge on any atom is 0.312 e. The van der Waals surface area contributed by atoms with Crippen LogP contribution in [-0.4, -0.2) is 25.7 Å². The predicted molar refractivity (Wildman–Crippen MR) is 200 cm³/mol. The molecule has 6 atom stereocenters. The first-order chi connectivity index (χ1) is 23.2. The lowest BCUT2D eigenvalue weighted by Gasteiger charge is -2.54. The first-order valence-corrected chi connectivity index (χ1v) is 19.8. The maximum absolute atomic E-state index is 13.8. The lowest BCUT2D eigenvalue weighted by atomic mass is 9.49. The van der Waals surface area contributed by atoms with Crippen LogP contribution in [0.15, 0.2) is 24.3 Å². The minimum Gasteiger partial charge on any atom is -0.469 e. The molecular weight excluding hydrogens is 604 g/mol. The molecule has 0 spiro atoms. The number of hydrogen-bond acceptors (Lipinski definition) is 4. The van der Waals surface area contributed by atoms with E-state index in [1.54, 1.807) is 7.11 Å². The number of carbonyl (C=O) groups is 2. The Labute approximate surface area is 297 Å². The zero-order valence-electron chi connectivity index (χ0n) is 32.4. The van der Waals surface area contributed by atoms with E-state index in [9.17, 15) is 9.59 Å². The standard InChI is InChI=1S/C45H64O4/c1-11-12-23-49-41(47)45(9)22-14-20-43(7)37-27-35(33(29(4)5)25-31(37)16-18-39(43)45)34-26-36-30(24-32(34)28(2)3)15-17-38-42(36,6)19-13-21-44(38,8)40(46)48-10/h24-29,38-39H,11-23H2,1-10H3. The monoisotopic (exact) mass is 668 g/mol. The van der Waals surface area contributed by atoms with Gasteiger partial charge >= 0.3 is 11.9 Å². The first-order valence-electron chi connectivity index (χ1n) is 19.8. The summed E-state index contributed by atoms with van der Waals surface area (Å²) in [5.74, 6) is 1.26. The summed E-state index contributed by atoms with van der Waals surface area (Å²) in [4.78, 5) is 27.1. The highest BCUT2D eigenvalue weighted by Crippen LogP contribution is 2.60. The lowest BCUT2D eigenvalue weighted by molar-refractivity contribution is -0.164. The summed E-state index contributed by atoms with van der Waals surface area (Å²) < 4.78 is 11.4. The van der Waals surface area contributed by atoms with E-state index >= 15 is 0 Å². The van der Waals surface area contributed by atoms with Gasteiger partial charge < -0.3 is 9.47 Å². The molecule has 2 saturated carbocycles. The molecule has 4 aliphatic rings. The molecule has 6 unspecified atom stereocenters. The van der Waals surface area contributed by atoms with Gasteiger partial charge in [0.15, 0.2) is 0 Å². The Morgan fingerprint density at radius 1 is 0.714 bits per heavy atom. The number of benzene rings is 2. The highest BCUT2D eigenvalue weighted by atomic mass is 16.5. The fourth-order valence-corrected chi connectivity index (χ4v) is 11.7. The molecule has 49 heavy (non-hydrogen) atoms. The number of aryl methyl sites for hydroxylation is 2. The number of carbonyl (C=O) groups excluding carboxylic acids is 2. The molecule has 268 valence electrons. The molecule has 0 amide bonds. The molecule has 0 bridgehead atoms. The van der Waals surface area contributed by atoms with E-state index < -0.39 is 10.8 Å². The molecule has 0 aliphatic heterocycles. The second-order valence-electron chi connectivity index (χ2n) is 18.0. The van der Waals surface area contributed by atoms with E-state index in [2.05, 4.69) is 86.6 Å². The molecular formula is C45H64O4. The number of unbranched alkanes of at least 4 members (excludes halogenated alkanes) is 1. The Bertz CT molecular complexity index is 1600. The Balaban J connectivity index is 1.51. The average Bonchev–Trinajstić information content (AvgIpc) is 3.06. The van der Waals surface area contributed by atoms with E-state index in [4.69, 9.17) is 9.47 Å². The van der Waals surface area contributed by atoms with Gasteiger partial charge in [-0.15, -0.1) is 0 Å². The van der Waals surface area contributed by atoms with Crippen molar-refractivity contribution in [2.24, 2.45) is 22.7 Å². The third kappa shape index (κ3) is 5.70. The first kappa shape index (κ1) is 36.2. The van der Waals surface area contributed by atoms with Crippen molar-refractivity contribution in [2.45, 2.75) is 162 Å². The van der Waals surface area contributed by atoms with Gasteiger partial charge in [-0.2, -0.15) is 0 Å². The van der Waals surface area contributed by atoms with Crippen LogP contribution in [0.1, 0.15) is 172 Å². The van der Waals surface area contributed by atoms with Crippen molar-refractivity contribution in [1.82, 2.24) is 0 Å². The lowest BCUT2D eigenvalue weighted by Crippen LogP contribution is -2.53. The molecule has 0 N–H and O–H groups in total. The summed E-state index contributed by atoms with van der Waals surface area (Å²) >= 11 is 0. The summed E-state index contributed by atoms with van der Waals surface area (Å²) in [6.07, 6.45) is 12.2. The van der Waals surface area contributed by atoms with Crippen LogP contribution in [0.3, 0.4) is 0 Å². The van der Waals surface area contributed by atoms with Crippen molar-refractivity contribution in [1.29, 1.82) is 0 Å². The number of methoxy groups -OCH3 is 1. The smallest absolute Gasteiger partial charge is 0.312 e. The van der Waals surface area contributed by atoms with Gasteiger partial charge in [0.05, 0.1) is 24.5 Å². The fourth-order valence-electron chi connectivity index (χ4n) is 11.7. The van der Waals surface area contributed by atoms with Crippen LogP contribution in [-0.2, 0) is 42.7 Å². The van der Waals surface area contributed by atoms with E-state index in [0.717, 1.165) is 77.0 Å². The van der Waals surface area contributed by atoms with E-state index in [1.807, 2.05) is 0 Å². The van der Waals surface area contributed by atoms with Gasteiger partial charge in [-0.05, 0) is 151 Å². The van der Waals surface area contributed by atoms with Crippen molar-refractivity contribution >= 4 is 11.9 Å². The predicted octanol–water partition coefficient (Wildman–Crippen LogP) is 11.1. The Morgan fingerprint density at radius 2 is 1.16 bits per heavy atom. The van der Waals surface area contributed by atoms with Crippen LogP contribution in [0.25, 0.3) is 11.1 Å². The van der Waals surface area contributed by atoms with Gasteiger partial charge in [0.1, 0.15) is 0 Å². The van der Waals surface area contributed by atoms with Crippen molar-refractivity contribution < 1.29 is 19.1 Å². The molecule has 0 aromatic heterocycles. The molecule has 4 nitrogen and oxygen atoms in total. The normalized spacial score (nSPS) is 32.2. The number of ether oxygens (including phenoxy) is 2. The molecule has 4 heteroatoms. The second-order valence-corrected chi connectivity index (χ2v) is 18.0. The molecule has 0 radical (unpaired) electrons. The van der Waals surface area contributed by atoms with Gasteiger partial charge in [0.25, 0.3) is 0 Å². The fraction of sp³-hybridized carbons (Fsp3) is 0.689. The highest BCUT2D eigenvalue weighted by Gasteiger charge is 2.57. The Hall–Kier alpha value is -2.62. The molecule has 0 saturated heterocycles. The zero-order chi connectivity index (χ0) is 35.5. The third-order valence-corrected chi connectivity index (χ3v) is 14.4. The number of esters is 2. The van der Waals surface area contributed by atoms with Crippen LogP contribution in [0.2, 0.25) is 0 Å². The van der Waals surface area contributed by atoms with Crippen LogP contribution >= 0.6 is 0 Å². The SMILES string of the molecule is CCCCOC(=O)C1(C)CCCC2(C)c3cc(-c4cc5c(cc4C(C)C)CCC4C(C)(C(=O)OC)CCCC54C)c(C(C)C)cc3CCC12. The molecule has 2 aromatic rings. The highest BCUT2D eigenvalue weighted by molar-refractivity contribution is 5.80. The van der Waals surface area contributed by atoms with Gasteiger partial charge in [0, 0.05) is 0 Å². The van der Waals surface area contributed by atoms with Crippen LogP contribution in [0, 0.1) is 22.7 Å². The van der Waals surface area contributed by atoms with E-state index in [1.165, 1.54) is 44.5 Å². The minimum atomic E-state index is -0.458. The van der Waals surface area contributed by atoms with Gasteiger partial charge in [-0.25, -0.2) is 0 Å². The van der Waals surface area contributed by atoms with E-state index in [0.29, 0.717) is 18.4 Å². The van der Waals surface area contributed by atoms with Crippen LogP contribution < -0.4 is 0 Å². The number of fused-ring (bicyclic) bond motifs is 6. The van der Waals surface area contributed by atoms with Gasteiger partial charge in [-0.3, -0.25) is 9.59 Å². The molecule has 6 rings (SSSR count). The average molecular weight is 669 g/mol. The molecule has 4 aliphatic carbocycles. The molecule has 2 fully saturated rings. The Morgan fingerprint density at radius 3 is 1.57 bits per heavy atom. The van der Waals surface area contributed by atoms with Crippen LogP contribution in [0.4, 0.5) is 0 Å². The zero-order valence-corrected chi connectivity index (χ0v) is 32.4. The van der Waals surface area contributed by atoms with Crippen molar-refractivity contribution in [3.05, 3.63) is 57.6 Å². The van der Waals surface area contributed by atoms with Crippen LogP contribution in [0.5, 0.6) is 0 Å². The van der Waals surface area contributed by atoms with Crippen molar-refractivity contribution in [2.75, 3.05) is 13.7 Å².